The van der Waals surface area contributed by atoms with E-state index in [-0.39, 0.29) is 12.4 Å². The minimum atomic E-state index is -1.18. The number of unbranched alkanes of at least 4 members (excludes halogenated alkanes) is 2. The average Bonchev–Trinajstić information content (AvgIpc) is 3.36. The number of nitrogens with two attached hydrogens (primary N) is 1. The standard InChI is InChI=1S/C18H25N11O3S/c19-16-13-17(23-9-22-16)29(10-24-13)18-15(31)14(30)12(32-18)8-33-11(5-7-26-28-21)4-2-1-3-6-25-27-20/h5,9-10,12,14-15,18,30-31H,1-4,6-8H2,(H2,19,22,23)/t12-,14-,15-,18-/m1/s1. The fraction of sp³-hybridized carbons (Fsp3) is 0.611. The largest absolute Gasteiger partial charge is 0.387 e. The Kier molecular flexibility index (Phi) is 9.13. The van der Waals surface area contributed by atoms with E-state index in [1.807, 2.05) is 6.08 Å². The third kappa shape index (κ3) is 6.26. The van der Waals surface area contributed by atoms with Gasteiger partial charge in [0.2, 0.25) is 0 Å². The van der Waals surface area contributed by atoms with E-state index < -0.39 is 24.5 Å². The number of thioether (sulfide) groups is 1. The fourth-order valence-corrected chi connectivity index (χ4v) is 4.59. The second kappa shape index (κ2) is 12.3. The highest BCUT2D eigenvalue weighted by atomic mass is 32.2. The number of imidazole rings is 1. The van der Waals surface area contributed by atoms with Crippen molar-refractivity contribution in [3.05, 3.63) is 44.5 Å². The minimum Gasteiger partial charge on any atom is -0.387 e. The van der Waals surface area contributed by atoms with Crippen molar-refractivity contribution < 1.29 is 14.9 Å². The number of anilines is 1. The van der Waals surface area contributed by atoms with Crippen LogP contribution in [0, 0.1) is 0 Å². The second-order valence-electron chi connectivity index (χ2n) is 7.29. The van der Waals surface area contributed by atoms with Crippen LogP contribution in [0.2, 0.25) is 0 Å². The molecule has 1 fully saturated rings. The normalized spacial score (nSPS) is 22.8. The highest BCUT2D eigenvalue weighted by Gasteiger charge is 2.44. The van der Waals surface area contributed by atoms with Crippen LogP contribution in [0.1, 0.15) is 31.9 Å². The van der Waals surface area contributed by atoms with Gasteiger partial charge in [-0.25, -0.2) is 15.0 Å². The Morgan fingerprint density at radius 1 is 1.18 bits per heavy atom. The topological polar surface area (TPSA) is 217 Å². The van der Waals surface area contributed by atoms with Gasteiger partial charge in [-0.1, -0.05) is 22.7 Å². The molecular weight excluding hydrogens is 450 g/mol. The lowest BCUT2D eigenvalue weighted by molar-refractivity contribution is -0.0288. The number of hydrogen-bond donors (Lipinski definition) is 3. The molecule has 14 nitrogen and oxygen atoms in total. The number of ether oxygens (including phenoxy) is 1. The quantitative estimate of drug-likeness (QED) is 0.179. The third-order valence-corrected chi connectivity index (χ3v) is 6.38. The second-order valence-corrected chi connectivity index (χ2v) is 8.44. The monoisotopic (exact) mass is 475 g/mol. The van der Waals surface area contributed by atoms with Crippen molar-refractivity contribution in [2.75, 3.05) is 24.6 Å². The van der Waals surface area contributed by atoms with Gasteiger partial charge in [-0.15, -0.1) is 11.8 Å². The molecule has 0 aliphatic carbocycles. The van der Waals surface area contributed by atoms with Crippen LogP contribution in [-0.4, -0.2) is 66.9 Å². The number of azide groups is 2. The first-order valence-corrected chi connectivity index (χ1v) is 11.3. The molecule has 0 unspecified atom stereocenters. The van der Waals surface area contributed by atoms with Gasteiger partial charge in [-0.3, -0.25) is 4.57 Å². The first-order valence-electron chi connectivity index (χ1n) is 10.3. The minimum absolute atomic E-state index is 0.216. The maximum Gasteiger partial charge on any atom is 0.167 e. The van der Waals surface area contributed by atoms with Crippen LogP contribution in [0.25, 0.3) is 32.0 Å². The van der Waals surface area contributed by atoms with Gasteiger partial charge >= 0.3 is 0 Å². The lowest BCUT2D eigenvalue weighted by Crippen LogP contribution is -2.32. The Balaban J connectivity index is 1.61. The zero-order valence-electron chi connectivity index (χ0n) is 17.8. The molecular formula is C18H25N11O3S. The third-order valence-electron chi connectivity index (χ3n) is 5.14. The Morgan fingerprint density at radius 3 is 2.79 bits per heavy atom. The van der Waals surface area contributed by atoms with Crippen LogP contribution in [0.15, 0.2) is 33.9 Å². The van der Waals surface area contributed by atoms with Crippen molar-refractivity contribution in [2.24, 2.45) is 10.2 Å². The van der Waals surface area contributed by atoms with Gasteiger partial charge in [-0.05, 0) is 35.2 Å². The summed E-state index contributed by atoms with van der Waals surface area (Å²) in [5.41, 5.74) is 23.5. The van der Waals surface area contributed by atoms with Crippen molar-refractivity contribution in [3.8, 4) is 0 Å². The average molecular weight is 476 g/mol. The zero-order chi connectivity index (χ0) is 23.6. The molecule has 0 radical (unpaired) electrons. The van der Waals surface area contributed by atoms with Gasteiger partial charge < -0.3 is 20.7 Å². The van der Waals surface area contributed by atoms with Crippen LogP contribution in [0.4, 0.5) is 5.82 Å². The number of fused-ring (bicyclic) bond motifs is 1. The van der Waals surface area contributed by atoms with Gasteiger partial charge in [0.1, 0.15) is 24.1 Å². The molecule has 1 saturated heterocycles. The number of allylic oxidation sites excluding steroid dienone is 1. The van der Waals surface area contributed by atoms with Crippen molar-refractivity contribution in [2.45, 2.75) is 50.2 Å². The predicted octanol–water partition coefficient (Wildman–Crippen LogP) is 2.83. The fourth-order valence-electron chi connectivity index (χ4n) is 3.46. The van der Waals surface area contributed by atoms with E-state index in [0.29, 0.717) is 23.5 Å². The summed E-state index contributed by atoms with van der Waals surface area (Å²) in [5, 5.41) is 28.2. The number of aromatic nitrogens is 4. The molecule has 2 aromatic rings. The summed E-state index contributed by atoms with van der Waals surface area (Å²) in [7, 11) is 0. The van der Waals surface area contributed by atoms with Crippen LogP contribution in [0.3, 0.4) is 0 Å². The number of aliphatic hydroxyl groups is 2. The summed E-state index contributed by atoms with van der Waals surface area (Å²) in [5.74, 6) is 0.604. The summed E-state index contributed by atoms with van der Waals surface area (Å²) < 4.78 is 7.51. The van der Waals surface area contributed by atoms with E-state index in [2.05, 4.69) is 35.0 Å². The maximum absolute atomic E-state index is 10.6. The molecule has 15 heteroatoms. The molecule has 1 aliphatic rings. The van der Waals surface area contributed by atoms with Gasteiger partial charge in [0.05, 0.1) is 12.4 Å². The van der Waals surface area contributed by atoms with Crippen molar-refractivity contribution >= 4 is 28.7 Å². The lowest BCUT2D eigenvalue weighted by atomic mass is 10.1. The van der Waals surface area contributed by atoms with Crippen LogP contribution < -0.4 is 5.73 Å². The van der Waals surface area contributed by atoms with E-state index >= 15 is 0 Å². The van der Waals surface area contributed by atoms with E-state index in [1.54, 1.807) is 0 Å². The Labute approximate surface area is 193 Å². The van der Waals surface area contributed by atoms with E-state index in [1.165, 1.54) is 29.0 Å². The van der Waals surface area contributed by atoms with E-state index in [4.69, 9.17) is 21.5 Å². The molecule has 3 rings (SSSR count). The van der Waals surface area contributed by atoms with Gasteiger partial charge in [0, 0.05) is 28.7 Å². The van der Waals surface area contributed by atoms with Crippen LogP contribution in [-0.2, 0) is 4.74 Å². The maximum atomic E-state index is 10.6. The Hall–Kier alpha value is -3.06. The lowest BCUT2D eigenvalue weighted by Gasteiger charge is -2.16. The highest BCUT2D eigenvalue weighted by molar-refractivity contribution is 8.03. The zero-order valence-corrected chi connectivity index (χ0v) is 18.6. The SMILES string of the molecule is [N-]=[N+]=NCC=C(CCCCCN=[N+]=[N-])SC[C@H]1O[C@@H](n2cnc3c(N)ncnc32)[C@H](O)[C@@H]1O. The summed E-state index contributed by atoms with van der Waals surface area (Å²) in [4.78, 5) is 18.7. The van der Waals surface area contributed by atoms with Gasteiger partial charge in [0.25, 0.3) is 0 Å². The number of hydrogen-bond acceptors (Lipinski definition) is 10. The van der Waals surface area contributed by atoms with Gasteiger partial charge in [-0.2, -0.15) is 0 Å². The Bertz CT molecular complexity index is 1060. The molecule has 0 aromatic carbocycles. The molecule has 176 valence electrons. The van der Waals surface area contributed by atoms with Crippen molar-refractivity contribution in [1.82, 2.24) is 19.5 Å². The smallest absolute Gasteiger partial charge is 0.167 e. The summed E-state index contributed by atoms with van der Waals surface area (Å²) in [6.45, 7) is 0.682. The molecule has 2 aromatic heterocycles. The molecule has 4 atom stereocenters. The number of nitrogens with zero attached hydrogens (tertiary/aromatic N) is 10. The first kappa shape index (κ1) is 24.6. The summed E-state index contributed by atoms with van der Waals surface area (Å²) >= 11 is 1.48. The molecule has 4 N–H and O–H groups in total. The molecule has 3 heterocycles. The number of aliphatic hydroxyl groups excluding tert-OH is 2. The summed E-state index contributed by atoms with van der Waals surface area (Å²) in [6.07, 6.45) is 4.10. The molecule has 33 heavy (non-hydrogen) atoms. The molecule has 0 bridgehead atoms. The van der Waals surface area contributed by atoms with Crippen LogP contribution in [0.5, 0.6) is 0 Å². The molecule has 0 saturated carbocycles. The summed E-state index contributed by atoms with van der Waals surface area (Å²) in [6, 6.07) is 0. The number of nitrogen functional groups attached to an aromatic ring is 1. The first-order chi connectivity index (χ1) is 16.1. The molecule has 0 spiro atoms. The highest BCUT2D eigenvalue weighted by Crippen LogP contribution is 2.35. The van der Waals surface area contributed by atoms with Crippen LogP contribution >= 0.6 is 11.8 Å². The molecule has 1 aliphatic heterocycles. The van der Waals surface area contributed by atoms with Crippen molar-refractivity contribution in [1.29, 1.82) is 0 Å². The van der Waals surface area contributed by atoms with Gasteiger partial charge in [0.15, 0.2) is 17.7 Å². The van der Waals surface area contributed by atoms with Crippen molar-refractivity contribution in [3.63, 3.8) is 0 Å². The molecule has 0 amide bonds. The van der Waals surface area contributed by atoms with E-state index in [9.17, 15) is 10.2 Å². The van der Waals surface area contributed by atoms with E-state index in [0.717, 1.165) is 30.6 Å². The predicted molar refractivity (Wildman–Crippen MR) is 123 cm³/mol. The number of rotatable bonds is 12. The Morgan fingerprint density at radius 2 is 2.00 bits per heavy atom.